The van der Waals surface area contributed by atoms with E-state index in [1.807, 2.05) is 0 Å². The SMILES string of the molecule is COc1c(C)cc(C=O)cc1O. The molecule has 0 amide bonds. The highest BCUT2D eigenvalue weighted by Crippen LogP contribution is 2.30. The molecule has 0 heterocycles. The minimum Gasteiger partial charge on any atom is -0.504 e. The molecule has 0 fully saturated rings. The van der Waals surface area contributed by atoms with Crippen molar-refractivity contribution in [1.29, 1.82) is 0 Å². The Hall–Kier alpha value is -1.51. The summed E-state index contributed by atoms with van der Waals surface area (Å²) in [5.74, 6) is 0.417. The monoisotopic (exact) mass is 166 g/mol. The standard InChI is InChI=1S/C9H10O3/c1-6-3-7(5-10)4-8(11)9(6)12-2/h3-5,11H,1-2H3. The molecule has 12 heavy (non-hydrogen) atoms. The van der Waals surface area contributed by atoms with Crippen molar-refractivity contribution in [3.05, 3.63) is 23.3 Å². The molecule has 0 radical (unpaired) electrons. The lowest BCUT2D eigenvalue weighted by Crippen LogP contribution is -1.90. The molecule has 0 spiro atoms. The van der Waals surface area contributed by atoms with Crippen molar-refractivity contribution in [2.75, 3.05) is 7.11 Å². The van der Waals surface area contributed by atoms with E-state index in [-0.39, 0.29) is 5.75 Å². The summed E-state index contributed by atoms with van der Waals surface area (Å²) in [6.45, 7) is 1.77. The molecule has 1 aromatic rings. The first-order valence-corrected chi connectivity index (χ1v) is 3.52. The predicted molar refractivity (Wildman–Crippen MR) is 44.8 cm³/mol. The van der Waals surface area contributed by atoms with E-state index in [2.05, 4.69) is 0 Å². The largest absolute Gasteiger partial charge is 0.504 e. The highest BCUT2D eigenvalue weighted by atomic mass is 16.5. The quantitative estimate of drug-likeness (QED) is 0.677. The fourth-order valence-electron chi connectivity index (χ4n) is 1.12. The summed E-state index contributed by atoms with van der Waals surface area (Å²) in [7, 11) is 1.47. The molecule has 0 aliphatic rings. The highest BCUT2D eigenvalue weighted by molar-refractivity contribution is 5.77. The zero-order valence-electron chi connectivity index (χ0n) is 7.00. The summed E-state index contributed by atoms with van der Waals surface area (Å²) in [5, 5.41) is 9.32. The second kappa shape index (κ2) is 3.26. The average Bonchev–Trinajstić information content (AvgIpc) is 2.03. The maximum Gasteiger partial charge on any atom is 0.163 e. The molecule has 1 rings (SSSR count). The lowest BCUT2D eigenvalue weighted by Gasteiger charge is -2.06. The molecular formula is C9H10O3. The van der Waals surface area contributed by atoms with Crippen molar-refractivity contribution >= 4 is 6.29 Å². The molecule has 0 saturated heterocycles. The lowest BCUT2D eigenvalue weighted by atomic mass is 10.1. The molecule has 0 bridgehead atoms. The summed E-state index contributed by atoms with van der Waals surface area (Å²) < 4.78 is 4.91. The number of aryl methyl sites for hydroxylation is 1. The molecule has 64 valence electrons. The van der Waals surface area contributed by atoms with Crippen LogP contribution < -0.4 is 4.74 Å². The number of carbonyl (C=O) groups excluding carboxylic acids is 1. The van der Waals surface area contributed by atoms with Gasteiger partial charge in [-0.1, -0.05) is 0 Å². The first-order valence-electron chi connectivity index (χ1n) is 3.52. The highest BCUT2D eigenvalue weighted by Gasteiger charge is 2.06. The number of phenolic OH excluding ortho intramolecular Hbond substituents is 1. The molecule has 0 aliphatic carbocycles. The first-order chi connectivity index (χ1) is 5.69. The molecule has 1 N–H and O–H groups in total. The third kappa shape index (κ3) is 1.39. The van der Waals surface area contributed by atoms with Crippen LogP contribution in [0.2, 0.25) is 0 Å². The third-order valence-electron chi connectivity index (χ3n) is 1.62. The van der Waals surface area contributed by atoms with Gasteiger partial charge in [0.05, 0.1) is 7.11 Å². The van der Waals surface area contributed by atoms with E-state index in [9.17, 15) is 9.90 Å². The van der Waals surface area contributed by atoms with Gasteiger partial charge in [-0.15, -0.1) is 0 Å². The van der Waals surface area contributed by atoms with E-state index < -0.39 is 0 Å². The van der Waals surface area contributed by atoms with E-state index >= 15 is 0 Å². The van der Waals surface area contributed by atoms with Crippen molar-refractivity contribution in [2.45, 2.75) is 6.92 Å². The Morgan fingerprint density at radius 1 is 1.50 bits per heavy atom. The molecular weight excluding hydrogens is 156 g/mol. The van der Waals surface area contributed by atoms with Crippen LogP contribution in [0, 0.1) is 6.92 Å². The fourth-order valence-corrected chi connectivity index (χ4v) is 1.12. The van der Waals surface area contributed by atoms with E-state index in [1.165, 1.54) is 13.2 Å². The first kappa shape index (κ1) is 8.59. The number of hydrogen-bond donors (Lipinski definition) is 1. The van der Waals surface area contributed by atoms with Gasteiger partial charge in [-0.2, -0.15) is 0 Å². The van der Waals surface area contributed by atoms with Crippen molar-refractivity contribution in [3.63, 3.8) is 0 Å². The van der Waals surface area contributed by atoms with Crippen molar-refractivity contribution in [2.24, 2.45) is 0 Å². The van der Waals surface area contributed by atoms with Crippen LogP contribution in [-0.2, 0) is 0 Å². The topological polar surface area (TPSA) is 46.5 Å². The van der Waals surface area contributed by atoms with Crippen LogP contribution in [0.15, 0.2) is 12.1 Å². The average molecular weight is 166 g/mol. The number of hydrogen-bond acceptors (Lipinski definition) is 3. The van der Waals surface area contributed by atoms with Gasteiger partial charge in [0, 0.05) is 5.56 Å². The molecule has 0 saturated carbocycles. The summed E-state index contributed by atoms with van der Waals surface area (Å²) in [6, 6.07) is 3.03. The van der Waals surface area contributed by atoms with Gasteiger partial charge in [0.1, 0.15) is 6.29 Å². The fraction of sp³-hybridized carbons (Fsp3) is 0.222. The molecule has 0 aromatic heterocycles. The van der Waals surface area contributed by atoms with Gasteiger partial charge in [0.2, 0.25) is 0 Å². The molecule has 3 heteroatoms. The maximum atomic E-state index is 10.4. The van der Waals surface area contributed by atoms with Crippen LogP contribution in [0.3, 0.4) is 0 Å². The summed E-state index contributed by atoms with van der Waals surface area (Å²) >= 11 is 0. The Bertz CT molecular complexity index is 282. The summed E-state index contributed by atoms with van der Waals surface area (Å²) in [6.07, 6.45) is 0.687. The third-order valence-corrected chi connectivity index (χ3v) is 1.62. The second-order valence-electron chi connectivity index (χ2n) is 2.51. The van der Waals surface area contributed by atoms with Gasteiger partial charge < -0.3 is 9.84 Å². The van der Waals surface area contributed by atoms with Gasteiger partial charge in [0.25, 0.3) is 0 Å². The number of ether oxygens (including phenoxy) is 1. The van der Waals surface area contributed by atoms with Crippen LogP contribution in [-0.4, -0.2) is 18.5 Å². The molecule has 0 unspecified atom stereocenters. The maximum absolute atomic E-state index is 10.4. The van der Waals surface area contributed by atoms with Crippen molar-refractivity contribution in [3.8, 4) is 11.5 Å². The zero-order valence-corrected chi connectivity index (χ0v) is 7.00. The van der Waals surface area contributed by atoms with Crippen LogP contribution in [0.5, 0.6) is 11.5 Å². The second-order valence-corrected chi connectivity index (χ2v) is 2.51. The molecule has 1 aromatic carbocycles. The molecule has 0 aliphatic heterocycles. The smallest absolute Gasteiger partial charge is 0.163 e. The van der Waals surface area contributed by atoms with Gasteiger partial charge >= 0.3 is 0 Å². The lowest BCUT2D eigenvalue weighted by molar-refractivity contribution is 0.112. The Morgan fingerprint density at radius 2 is 2.17 bits per heavy atom. The number of carbonyl (C=O) groups is 1. The molecule has 0 atom stereocenters. The summed E-state index contributed by atoms with van der Waals surface area (Å²) in [4.78, 5) is 10.4. The number of aldehydes is 1. The summed E-state index contributed by atoms with van der Waals surface area (Å²) in [5.41, 5.74) is 1.20. The van der Waals surface area contributed by atoms with Crippen LogP contribution in [0.1, 0.15) is 15.9 Å². The van der Waals surface area contributed by atoms with Gasteiger partial charge in [-0.3, -0.25) is 4.79 Å². The number of methoxy groups -OCH3 is 1. The van der Waals surface area contributed by atoms with Crippen LogP contribution in [0.25, 0.3) is 0 Å². The number of aromatic hydroxyl groups is 1. The Kier molecular flexibility index (Phi) is 2.33. The van der Waals surface area contributed by atoms with Gasteiger partial charge in [-0.25, -0.2) is 0 Å². The van der Waals surface area contributed by atoms with E-state index in [0.29, 0.717) is 17.6 Å². The normalized spacial score (nSPS) is 9.50. The van der Waals surface area contributed by atoms with Gasteiger partial charge in [0.15, 0.2) is 11.5 Å². The van der Waals surface area contributed by atoms with Crippen LogP contribution >= 0.6 is 0 Å². The van der Waals surface area contributed by atoms with E-state index in [4.69, 9.17) is 4.74 Å². The van der Waals surface area contributed by atoms with Crippen LogP contribution in [0.4, 0.5) is 0 Å². The van der Waals surface area contributed by atoms with Crippen molar-refractivity contribution in [1.82, 2.24) is 0 Å². The minimum absolute atomic E-state index is 0.000370. The molecule has 3 nitrogen and oxygen atoms in total. The number of phenols is 1. The minimum atomic E-state index is -0.000370. The number of rotatable bonds is 2. The Labute approximate surface area is 70.6 Å². The Morgan fingerprint density at radius 3 is 2.58 bits per heavy atom. The zero-order chi connectivity index (χ0) is 9.14. The van der Waals surface area contributed by atoms with E-state index in [1.54, 1.807) is 13.0 Å². The van der Waals surface area contributed by atoms with Crippen molar-refractivity contribution < 1.29 is 14.6 Å². The van der Waals surface area contributed by atoms with E-state index in [0.717, 1.165) is 5.56 Å². The number of benzene rings is 1. The Balaban J connectivity index is 3.27. The predicted octanol–water partition coefficient (Wildman–Crippen LogP) is 1.52. The van der Waals surface area contributed by atoms with Gasteiger partial charge in [-0.05, 0) is 24.6 Å².